The maximum atomic E-state index is 13.6. The zero-order valence-electron chi connectivity index (χ0n) is 9.90. The van der Waals surface area contributed by atoms with Gasteiger partial charge in [-0.25, -0.2) is 4.39 Å². The average molecular weight is 231 g/mol. The summed E-state index contributed by atoms with van der Waals surface area (Å²) in [7, 11) is 0. The van der Waals surface area contributed by atoms with Gasteiger partial charge in [0.05, 0.1) is 5.69 Å². The summed E-state index contributed by atoms with van der Waals surface area (Å²) >= 11 is 0. The maximum Gasteiger partial charge on any atom is 0.167 e. The van der Waals surface area contributed by atoms with Crippen LogP contribution in [0.5, 0.6) is 5.75 Å². The molecule has 3 heteroatoms. The van der Waals surface area contributed by atoms with Crippen LogP contribution in [-0.2, 0) is 6.61 Å². The van der Waals surface area contributed by atoms with Crippen molar-refractivity contribution in [2.45, 2.75) is 20.5 Å². The van der Waals surface area contributed by atoms with Gasteiger partial charge in [0.25, 0.3) is 0 Å². The SMILES string of the molecule is Cc1cccc(COc2cccc(C)c2F)n1. The third-order valence-electron chi connectivity index (χ3n) is 2.48. The Morgan fingerprint density at radius 3 is 2.65 bits per heavy atom. The van der Waals surface area contributed by atoms with E-state index in [4.69, 9.17) is 4.74 Å². The van der Waals surface area contributed by atoms with E-state index in [1.54, 1.807) is 25.1 Å². The van der Waals surface area contributed by atoms with E-state index >= 15 is 0 Å². The van der Waals surface area contributed by atoms with E-state index in [0.29, 0.717) is 5.56 Å². The summed E-state index contributed by atoms with van der Waals surface area (Å²) in [5, 5.41) is 0. The number of pyridine rings is 1. The number of ether oxygens (including phenoxy) is 1. The molecular weight excluding hydrogens is 217 g/mol. The van der Waals surface area contributed by atoms with Gasteiger partial charge in [0.1, 0.15) is 6.61 Å². The molecule has 0 saturated carbocycles. The van der Waals surface area contributed by atoms with Crippen molar-refractivity contribution in [1.82, 2.24) is 4.98 Å². The smallest absolute Gasteiger partial charge is 0.167 e. The highest BCUT2D eigenvalue weighted by Crippen LogP contribution is 2.20. The quantitative estimate of drug-likeness (QED) is 0.807. The Balaban J connectivity index is 2.10. The molecule has 0 spiro atoms. The number of hydrogen-bond donors (Lipinski definition) is 0. The summed E-state index contributed by atoms with van der Waals surface area (Å²) in [6.07, 6.45) is 0. The summed E-state index contributed by atoms with van der Waals surface area (Å²) in [5.74, 6) is -0.0338. The Kier molecular flexibility index (Phi) is 3.38. The highest BCUT2D eigenvalue weighted by molar-refractivity contribution is 5.30. The number of benzene rings is 1. The van der Waals surface area contributed by atoms with Crippen LogP contribution in [0.4, 0.5) is 4.39 Å². The van der Waals surface area contributed by atoms with E-state index in [9.17, 15) is 4.39 Å². The summed E-state index contributed by atoms with van der Waals surface area (Å²) in [4.78, 5) is 4.29. The van der Waals surface area contributed by atoms with Crippen LogP contribution in [0.3, 0.4) is 0 Å². The first kappa shape index (κ1) is 11.6. The van der Waals surface area contributed by atoms with Gasteiger partial charge in [-0.05, 0) is 37.6 Å². The van der Waals surface area contributed by atoms with Gasteiger partial charge in [0.2, 0.25) is 0 Å². The fourth-order valence-corrected chi connectivity index (χ4v) is 1.56. The average Bonchev–Trinajstić information content (AvgIpc) is 2.31. The van der Waals surface area contributed by atoms with E-state index in [2.05, 4.69) is 4.98 Å². The molecule has 0 radical (unpaired) electrons. The molecule has 88 valence electrons. The zero-order valence-corrected chi connectivity index (χ0v) is 9.90. The fraction of sp³-hybridized carbons (Fsp3) is 0.214. The largest absolute Gasteiger partial charge is 0.484 e. The first-order valence-electron chi connectivity index (χ1n) is 5.47. The molecule has 0 fully saturated rings. The van der Waals surface area contributed by atoms with Gasteiger partial charge in [0.15, 0.2) is 11.6 Å². The minimum Gasteiger partial charge on any atom is -0.484 e. The first-order valence-corrected chi connectivity index (χ1v) is 5.47. The maximum absolute atomic E-state index is 13.6. The van der Waals surface area contributed by atoms with Crippen molar-refractivity contribution in [3.63, 3.8) is 0 Å². The molecule has 0 bridgehead atoms. The Hall–Kier alpha value is -1.90. The number of hydrogen-bond acceptors (Lipinski definition) is 2. The topological polar surface area (TPSA) is 22.1 Å². The predicted molar refractivity (Wildman–Crippen MR) is 64.4 cm³/mol. The van der Waals surface area contributed by atoms with Gasteiger partial charge < -0.3 is 4.74 Å². The third-order valence-corrected chi connectivity index (χ3v) is 2.48. The van der Waals surface area contributed by atoms with Crippen LogP contribution in [0.15, 0.2) is 36.4 Å². The second-order valence-corrected chi connectivity index (χ2v) is 3.95. The first-order chi connectivity index (χ1) is 8.16. The van der Waals surface area contributed by atoms with Crippen molar-refractivity contribution >= 4 is 0 Å². The van der Waals surface area contributed by atoms with Crippen molar-refractivity contribution in [3.8, 4) is 5.75 Å². The summed E-state index contributed by atoms with van der Waals surface area (Å²) < 4.78 is 19.1. The second kappa shape index (κ2) is 4.95. The lowest BCUT2D eigenvalue weighted by Crippen LogP contribution is -2.01. The van der Waals surface area contributed by atoms with Crippen LogP contribution >= 0.6 is 0 Å². The van der Waals surface area contributed by atoms with Gasteiger partial charge in [-0.1, -0.05) is 18.2 Å². The van der Waals surface area contributed by atoms with E-state index < -0.39 is 0 Å². The zero-order chi connectivity index (χ0) is 12.3. The molecule has 0 unspecified atom stereocenters. The second-order valence-electron chi connectivity index (χ2n) is 3.95. The lowest BCUT2D eigenvalue weighted by Gasteiger charge is -2.08. The minimum atomic E-state index is -0.305. The lowest BCUT2D eigenvalue weighted by atomic mass is 10.2. The molecule has 2 nitrogen and oxygen atoms in total. The molecule has 0 N–H and O–H groups in total. The van der Waals surface area contributed by atoms with Crippen LogP contribution in [0.2, 0.25) is 0 Å². The summed E-state index contributed by atoms with van der Waals surface area (Å²) in [5.41, 5.74) is 2.31. The number of aryl methyl sites for hydroxylation is 2. The van der Waals surface area contributed by atoms with Crippen molar-refractivity contribution in [2.75, 3.05) is 0 Å². The van der Waals surface area contributed by atoms with Gasteiger partial charge >= 0.3 is 0 Å². The van der Waals surface area contributed by atoms with Gasteiger partial charge in [-0.2, -0.15) is 0 Å². The predicted octanol–water partition coefficient (Wildman–Crippen LogP) is 3.42. The Labute approximate surface area is 100 Å². The number of nitrogens with zero attached hydrogens (tertiary/aromatic N) is 1. The number of aromatic nitrogens is 1. The summed E-state index contributed by atoms with van der Waals surface area (Å²) in [6, 6.07) is 10.8. The minimum absolute atomic E-state index is 0.272. The summed E-state index contributed by atoms with van der Waals surface area (Å²) in [6.45, 7) is 3.91. The normalized spacial score (nSPS) is 10.3. The van der Waals surface area contributed by atoms with Crippen molar-refractivity contribution < 1.29 is 9.13 Å². The van der Waals surface area contributed by atoms with Crippen LogP contribution in [0, 0.1) is 19.7 Å². The van der Waals surface area contributed by atoms with Gasteiger partial charge in [-0.3, -0.25) is 4.98 Å². The number of rotatable bonds is 3. The molecule has 0 aliphatic heterocycles. The molecule has 0 atom stereocenters. The van der Waals surface area contributed by atoms with E-state index in [0.717, 1.165) is 11.4 Å². The van der Waals surface area contributed by atoms with Crippen LogP contribution in [-0.4, -0.2) is 4.98 Å². The number of halogens is 1. The molecule has 2 aromatic rings. The Morgan fingerprint density at radius 1 is 1.12 bits per heavy atom. The molecule has 1 aromatic heterocycles. The Morgan fingerprint density at radius 2 is 1.88 bits per heavy atom. The van der Waals surface area contributed by atoms with E-state index in [-0.39, 0.29) is 18.2 Å². The van der Waals surface area contributed by atoms with Crippen LogP contribution in [0.1, 0.15) is 17.0 Å². The van der Waals surface area contributed by atoms with Gasteiger partial charge in [0, 0.05) is 5.69 Å². The molecule has 1 heterocycles. The molecule has 0 aliphatic carbocycles. The molecule has 17 heavy (non-hydrogen) atoms. The lowest BCUT2D eigenvalue weighted by molar-refractivity contribution is 0.285. The van der Waals surface area contributed by atoms with Crippen molar-refractivity contribution in [3.05, 3.63) is 59.2 Å². The van der Waals surface area contributed by atoms with Crippen LogP contribution < -0.4 is 4.74 Å². The highest BCUT2D eigenvalue weighted by Gasteiger charge is 2.06. The Bertz CT molecular complexity index is 525. The molecule has 2 rings (SSSR count). The molecule has 0 amide bonds. The highest BCUT2D eigenvalue weighted by atomic mass is 19.1. The standard InChI is InChI=1S/C14H14FNO/c1-10-5-3-8-13(14(10)15)17-9-12-7-4-6-11(2)16-12/h3-8H,9H2,1-2H3. The fourth-order valence-electron chi connectivity index (χ4n) is 1.56. The van der Waals surface area contributed by atoms with Crippen molar-refractivity contribution in [2.24, 2.45) is 0 Å². The molecule has 0 aliphatic rings. The molecular formula is C14H14FNO. The van der Waals surface area contributed by atoms with Gasteiger partial charge in [-0.15, -0.1) is 0 Å². The van der Waals surface area contributed by atoms with E-state index in [1.165, 1.54) is 0 Å². The monoisotopic (exact) mass is 231 g/mol. The van der Waals surface area contributed by atoms with Crippen molar-refractivity contribution in [1.29, 1.82) is 0 Å². The molecule has 0 saturated heterocycles. The van der Waals surface area contributed by atoms with E-state index in [1.807, 2.05) is 25.1 Å². The molecule has 1 aromatic carbocycles. The third kappa shape index (κ3) is 2.81. The van der Waals surface area contributed by atoms with Crippen LogP contribution in [0.25, 0.3) is 0 Å².